The van der Waals surface area contributed by atoms with E-state index < -0.39 is 0 Å². The van der Waals surface area contributed by atoms with E-state index in [4.69, 9.17) is 11.6 Å². The normalized spacial score (nSPS) is 20.9. The number of carbonyl (C=O) groups is 1. The summed E-state index contributed by atoms with van der Waals surface area (Å²) in [6.45, 7) is 8.28. The molecule has 0 saturated carbocycles. The molecular weight excluding hydrogens is 343 g/mol. The van der Waals surface area contributed by atoms with Gasteiger partial charge in [-0.1, -0.05) is 37.6 Å². The van der Waals surface area contributed by atoms with E-state index in [0.29, 0.717) is 10.4 Å². The van der Waals surface area contributed by atoms with Gasteiger partial charge in [0.2, 0.25) is 5.91 Å². The maximum atomic E-state index is 13.1. The summed E-state index contributed by atoms with van der Waals surface area (Å²) in [6, 6.07) is 7.78. The summed E-state index contributed by atoms with van der Waals surface area (Å²) in [6.07, 6.45) is 3.52. The van der Waals surface area contributed by atoms with Crippen molar-refractivity contribution in [2.75, 3.05) is 26.2 Å². The molecule has 2 fully saturated rings. The molecule has 0 aliphatic carbocycles. The van der Waals surface area contributed by atoms with E-state index in [1.165, 1.54) is 6.42 Å². The molecule has 134 valence electrons. The van der Waals surface area contributed by atoms with Crippen molar-refractivity contribution in [2.24, 2.45) is 11.3 Å². The topological polar surface area (TPSA) is 32.3 Å². The Morgan fingerprint density at radius 3 is 2.50 bits per heavy atom. The van der Waals surface area contributed by atoms with Gasteiger partial charge in [-0.05, 0) is 54.8 Å². The summed E-state index contributed by atoms with van der Waals surface area (Å²) in [5, 5.41) is 4.19. The Morgan fingerprint density at radius 2 is 1.96 bits per heavy atom. The van der Waals surface area contributed by atoms with Crippen molar-refractivity contribution in [1.82, 2.24) is 10.2 Å². The van der Waals surface area contributed by atoms with Gasteiger partial charge in [0, 0.05) is 24.7 Å². The third-order valence-electron chi connectivity index (χ3n) is 5.61. The summed E-state index contributed by atoms with van der Waals surface area (Å²) in [4.78, 5) is 15.2. The maximum Gasteiger partial charge on any atom is 0.230 e. The third kappa shape index (κ3) is 4.07. The number of nitrogens with one attached hydrogen (secondary N) is 1. The quantitative estimate of drug-likeness (QED) is 0.868. The molecule has 24 heavy (non-hydrogen) atoms. The van der Waals surface area contributed by atoms with Gasteiger partial charge >= 0.3 is 0 Å². The number of rotatable bonds is 3. The summed E-state index contributed by atoms with van der Waals surface area (Å²) in [7, 11) is 0. The summed E-state index contributed by atoms with van der Waals surface area (Å²) in [5.41, 5.74) is 1.49. The molecular formula is C19H28Cl2N2O. The lowest BCUT2D eigenvalue weighted by Gasteiger charge is -2.40. The minimum Gasteiger partial charge on any atom is -0.342 e. The molecule has 2 aliphatic rings. The van der Waals surface area contributed by atoms with Crippen LogP contribution in [0.4, 0.5) is 0 Å². The molecule has 1 aromatic carbocycles. The number of amides is 1. The van der Waals surface area contributed by atoms with E-state index >= 15 is 0 Å². The van der Waals surface area contributed by atoms with E-state index in [0.717, 1.165) is 44.6 Å². The summed E-state index contributed by atoms with van der Waals surface area (Å²) >= 11 is 6.13. The van der Waals surface area contributed by atoms with Crippen molar-refractivity contribution in [2.45, 2.75) is 39.0 Å². The first kappa shape index (κ1) is 19.6. The van der Waals surface area contributed by atoms with Crippen molar-refractivity contribution in [1.29, 1.82) is 0 Å². The van der Waals surface area contributed by atoms with Crippen molar-refractivity contribution in [3.05, 3.63) is 34.9 Å². The van der Waals surface area contributed by atoms with E-state index in [9.17, 15) is 4.79 Å². The van der Waals surface area contributed by atoms with Gasteiger partial charge in [-0.25, -0.2) is 0 Å². The monoisotopic (exact) mass is 370 g/mol. The first-order valence-electron chi connectivity index (χ1n) is 8.76. The number of piperidine rings is 1. The van der Waals surface area contributed by atoms with Gasteiger partial charge in [0.1, 0.15) is 0 Å². The second-order valence-electron chi connectivity index (χ2n) is 7.53. The molecule has 1 spiro atoms. The standard InChI is InChI=1S/C19H27ClN2O.ClH/c1-14(2)17(15-4-3-5-16(20)12-15)18(23)22-10-7-19(8-11-22)6-9-21-13-19;/h3-5,12,14,17,21H,6-11,13H2,1-2H3;1H. The Labute approximate surface area is 156 Å². The summed E-state index contributed by atoms with van der Waals surface area (Å²) < 4.78 is 0. The highest BCUT2D eigenvalue weighted by atomic mass is 35.5. The molecule has 1 atom stereocenters. The van der Waals surface area contributed by atoms with Crippen LogP contribution in [-0.4, -0.2) is 37.0 Å². The molecule has 2 heterocycles. The Bertz CT molecular complexity index is 560. The lowest BCUT2D eigenvalue weighted by Crippen LogP contribution is -2.46. The minimum absolute atomic E-state index is 0. The van der Waals surface area contributed by atoms with E-state index in [1.807, 2.05) is 24.3 Å². The average molecular weight is 371 g/mol. The average Bonchev–Trinajstić information content (AvgIpc) is 2.96. The highest BCUT2D eigenvalue weighted by molar-refractivity contribution is 6.30. The lowest BCUT2D eigenvalue weighted by atomic mass is 9.77. The molecule has 0 radical (unpaired) electrons. The molecule has 1 amide bonds. The van der Waals surface area contributed by atoms with Crippen LogP contribution in [0, 0.1) is 11.3 Å². The van der Waals surface area contributed by atoms with Crippen LogP contribution in [0.15, 0.2) is 24.3 Å². The van der Waals surface area contributed by atoms with Crippen LogP contribution in [0.2, 0.25) is 5.02 Å². The fourth-order valence-electron chi connectivity index (χ4n) is 4.13. The Hall–Kier alpha value is -0.770. The number of hydrogen-bond acceptors (Lipinski definition) is 2. The van der Waals surface area contributed by atoms with Crippen LogP contribution < -0.4 is 5.32 Å². The van der Waals surface area contributed by atoms with E-state index in [-0.39, 0.29) is 30.2 Å². The largest absolute Gasteiger partial charge is 0.342 e. The Balaban J connectivity index is 0.00000208. The molecule has 5 heteroatoms. The second kappa shape index (κ2) is 8.07. The number of carbonyl (C=O) groups excluding carboxylic acids is 1. The van der Waals surface area contributed by atoms with Gasteiger partial charge in [-0.2, -0.15) is 0 Å². The fraction of sp³-hybridized carbons (Fsp3) is 0.632. The fourth-order valence-corrected chi connectivity index (χ4v) is 4.33. The lowest BCUT2D eigenvalue weighted by molar-refractivity contribution is -0.136. The maximum absolute atomic E-state index is 13.1. The van der Waals surface area contributed by atoms with Crippen LogP contribution in [0.1, 0.15) is 44.6 Å². The van der Waals surface area contributed by atoms with Crippen molar-refractivity contribution in [3.8, 4) is 0 Å². The smallest absolute Gasteiger partial charge is 0.230 e. The van der Waals surface area contributed by atoms with Crippen LogP contribution in [0.3, 0.4) is 0 Å². The Kier molecular flexibility index (Phi) is 6.58. The minimum atomic E-state index is -0.0931. The molecule has 0 bridgehead atoms. The van der Waals surface area contributed by atoms with Crippen molar-refractivity contribution in [3.63, 3.8) is 0 Å². The van der Waals surface area contributed by atoms with Gasteiger partial charge in [0.05, 0.1) is 5.92 Å². The van der Waals surface area contributed by atoms with Crippen LogP contribution in [0.5, 0.6) is 0 Å². The highest BCUT2D eigenvalue weighted by Gasteiger charge is 2.39. The zero-order valence-corrected chi connectivity index (χ0v) is 16.1. The Morgan fingerprint density at radius 1 is 1.25 bits per heavy atom. The van der Waals surface area contributed by atoms with Crippen LogP contribution in [0.25, 0.3) is 0 Å². The molecule has 0 aromatic heterocycles. The van der Waals surface area contributed by atoms with Crippen LogP contribution >= 0.6 is 24.0 Å². The predicted molar refractivity (Wildman–Crippen MR) is 102 cm³/mol. The molecule has 2 saturated heterocycles. The van der Waals surface area contributed by atoms with Gasteiger partial charge in [0.25, 0.3) is 0 Å². The van der Waals surface area contributed by atoms with E-state index in [2.05, 4.69) is 24.1 Å². The highest BCUT2D eigenvalue weighted by Crippen LogP contribution is 2.38. The van der Waals surface area contributed by atoms with Crippen LogP contribution in [-0.2, 0) is 4.79 Å². The number of halogens is 2. The molecule has 1 aromatic rings. The van der Waals surface area contributed by atoms with Gasteiger partial charge in [-0.3, -0.25) is 4.79 Å². The predicted octanol–water partition coefficient (Wildman–Crippen LogP) is 4.10. The molecule has 2 aliphatic heterocycles. The van der Waals surface area contributed by atoms with Gasteiger partial charge in [0.15, 0.2) is 0 Å². The second-order valence-corrected chi connectivity index (χ2v) is 7.97. The SMILES string of the molecule is CC(C)C(C(=O)N1CCC2(CCNC2)CC1)c1cccc(Cl)c1.Cl. The number of nitrogens with zero attached hydrogens (tertiary/aromatic N) is 1. The molecule has 3 rings (SSSR count). The number of hydrogen-bond donors (Lipinski definition) is 1. The zero-order valence-electron chi connectivity index (χ0n) is 14.6. The first-order valence-corrected chi connectivity index (χ1v) is 9.14. The van der Waals surface area contributed by atoms with Crippen molar-refractivity contribution >= 4 is 29.9 Å². The van der Waals surface area contributed by atoms with E-state index in [1.54, 1.807) is 0 Å². The molecule has 3 nitrogen and oxygen atoms in total. The molecule has 1 N–H and O–H groups in total. The first-order chi connectivity index (χ1) is 11.0. The van der Waals surface area contributed by atoms with Gasteiger partial charge < -0.3 is 10.2 Å². The summed E-state index contributed by atoms with van der Waals surface area (Å²) in [5.74, 6) is 0.442. The molecule has 1 unspecified atom stereocenters. The number of benzene rings is 1. The third-order valence-corrected chi connectivity index (χ3v) is 5.84. The number of likely N-dealkylation sites (tertiary alicyclic amines) is 1. The zero-order chi connectivity index (χ0) is 16.4. The van der Waals surface area contributed by atoms with Crippen molar-refractivity contribution < 1.29 is 4.79 Å². The van der Waals surface area contributed by atoms with Gasteiger partial charge in [-0.15, -0.1) is 12.4 Å².